The number of amides is 2. The smallest absolute Gasteiger partial charge is 0.354 e. The molecule has 4 N–H and O–H groups in total. The van der Waals surface area contributed by atoms with Gasteiger partial charge in [0.15, 0.2) is 0 Å². The third-order valence-corrected chi connectivity index (χ3v) is 3.99. The first-order valence-electron chi connectivity index (χ1n) is 6.17. The summed E-state index contributed by atoms with van der Waals surface area (Å²) >= 11 is 7.28. The summed E-state index contributed by atoms with van der Waals surface area (Å²) in [7, 11) is 0. The number of hydrogen-bond acceptors (Lipinski definition) is 3. The number of carboxylic acids is 1. The van der Waals surface area contributed by atoms with Gasteiger partial charge in [-0.1, -0.05) is 11.6 Å². The van der Waals surface area contributed by atoms with Crippen molar-refractivity contribution in [3.63, 3.8) is 0 Å². The fourth-order valence-corrected chi connectivity index (χ4v) is 2.90. The van der Waals surface area contributed by atoms with Gasteiger partial charge < -0.3 is 20.7 Å². The maximum Gasteiger partial charge on any atom is 0.354 e. The van der Waals surface area contributed by atoms with Crippen molar-refractivity contribution in [1.82, 2.24) is 10.3 Å². The largest absolute Gasteiger partial charge is 0.477 e. The molecule has 2 heterocycles. The van der Waals surface area contributed by atoms with Crippen LogP contribution in [0.1, 0.15) is 21.1 Å². The molecule has 8 heteroatoms. The molecule has 0 spiro atoms. The lowest BCUT2D eigenvalue weighted by Gasteiger charge is -2.06. The van der Waals surface area contributed by atoms with Gasteiger partial charge in [0.1, 0.15) is 5.69 Å². The third-order valence-electron chi connectivity index (χ3n) is 2.70. The number of aromatic nitrogens is 1. The zero-order chi connectivity index (χ0) is 15.4. The van der Waals surface area contributed by atoms with Crippen molar-refractivity contribution in [2.75, 3.05) is 11.9 Å². The highest BCUT2D eigenvalue weighted by Gasteiger charge is 2.15. The molecule has 0 aliphatic rings. The summed E-state index contributed by atoms with van der Waals surface area (Å²) in [5, 5.41) is 14.2. The summed E-state index contributed by atoms with van der Waals surface area (Å²) in [6.45, 7) is 2.16. The lowest BCUT2D eigenvalue weighted by Crippen LogP contribution is -2.30. The van der Waals surface area contributed by atoms with E-state index in [1.165, 1.54) is 11.3 Å². The average Bonchev–Trinajstić information content (AvgIpc) is 2.96. The van der Waals surface area contributed by atoms with E-state index in [0.717, 1.165) is 4.88 Å². The van der Waals surface area contributed by atoms with Gasteiger partial charge in [0.05, 0.1) is 10.0 Å². The Morgan fingerprint density at radius 3 is 2.81 bits per heavy atom. The number of urea groups is 1. The predicted octanol–water partition coefficient (Wildman–Crippen LogP) is 3.10. The van der Waals surface area contributed by atoms with Crippen molar-refractivity contribution >= 4 is 40.6 Å². The summed E-state index contributed by atoms with van der Waals surface area (Å²) in [6, 6.07) is 4.84. The van der Waals surface area contributed by atoms with E-state index in [0.29, 0.717) is 23.0 Å². The maximum absolute atomic E-state index is 11.7. The molecular weight excluding hydrogens is 314 g/mol. The molecule has 0 bridgehead atoms. The fraction of sp³-hybridized carbons (Fsp3) is 0.231. The molecule has 0 unspecified atom stereocenters. The number of nitrogens with one attached hydrogen (secondary N) is 3. The lowest BCUT2D eigenvalue weighted by atomic mass is 10.3. The number of anilines is 1. The van der Waals surface area contributed by atoms with Crippen LogP contribution in [0.2, 0.25) is 4.34 Å². The van der Waals surface area contributed by atoms with Gasteiger partial charge in [-0.05, 0) is 31.5 Å². The Kier molecular flexibility index (Phi) is 4.87. The second-order valence-electron chi connectivity index (χ2n) is 4.38. The Bertz CT molecular complexity index is 665. The summed E-state index contributed by atoms with van der Waals surface area (Å²) in [5.74, 6) is -1.12. The van der Waals surface area contributed by atoms with Gasteiger partial charge in [0.2, 0.25) is 0 Å². The Hall–Kier alpha value is -1.99. The number of aryl methyl sites for hydroxylation is 1. The van der Waals surface area contributed by atoms with Gasteiger partial charge in [0.25, 0.3) is 0 Å². The number of carbonyl (C=O) groups is 2. The van der Waals surface area contributed by atoms with Gasteiger partial charge in [-0.15, -0.1) is 11.3 Å². The van der Waals surface area contributed by atoms with Gasteiger partial charge in [-0.2, -0.15) is 0 Å². The zero-order valence-electron chi connectivity index (χ0n) is 11.2. The molecule has 0 saturated carbocycles. The summed E-state index contributed by atoms with van der Waals surface area (Å²) in [4.78, 5) is 26.5. The molecule has 0 aliphatic heterocycles. The van der Waals surface area contributed by atoms with Crippen molar-refractivity contribution in [3.05, 3.63) is 38.8 Å². The molecule has 0 radical (unpaired) electrons. The summed E-state index contributed by atoms with van der Waals surface area (Å²) in [6.07, 6.45) is 0.669. The molecule has 0 aliphatic carbocycles. The molecule has 0 aromatic carbocycles. The monoisotopic (exact) mass is 327 g/mol. The van der Waals surface area contributed by atoms with Crippen molar-refractivity contribution in [1.29, 1.82) is 0 Å². The van der Waals surface area contributed by atoms with E-state index in [1.54, 1.807) is 13.0 Å². The first-order chi connectivity index (χ1) is 9.95. The van der Waals surface area contributed by atoms with Gasteiger partial charge in [-0.3, -0.25) is 0 Å². The number of aromatic amines is 1. The number of aromatic carboxylic acids is 1. The number of H-pyrrole nitrogens is 1. The molecule has 112 valence electrons. The van der Waals surface area contributed by atoms with Crippen LogP contribution in [-0.2, 0) is 6.42 Å². The second-order valence-corrected chi connectivity index (χ2v) is 6.18. The molecule has 21 heavy (non-hydrogen) atoms. The molecular formula is C13H14ClN3O3S. The van der Waals surface area contributed by atoms with Crippen molar-refractivity contribution < 1.29 is 14.7 Å². The number of carbonyl (C=O) groups excluding carboxylic acids is 1. The van der Waals surface area contributed by atoms with Crippen LogP contribution in [0.5, 0.6) is 0 Å². The Morgan fingerprint density at radius 2 is 2.19 bits per heavy atom. The fourth-order valence-electron chi connectivity index (χ4n) is 1.81. The molecule has 0 fully saturated rings. The van der Waals surface area contributed by atoms with Crippen molar-refractivity contribution in [3.8, 4) is 0 Å². The Balaban J connectivity index is 1.86. The van der Waals surface area contributed by atoms with Crippen LogP contribution in [0.3, 0.4) is 0 Å². The minimum Gasteiger partial charge on any atom is -0.477 e. The van der Waals surface area contributed by atoms with Gasteiger partial charge in [-0.25, -0.2) is 9.59 Å². The predicted molar refractivity (Wildman–Crippen MR) is 82.5 cm³/mol. The topological polar surface area (TPSA) is 94.2 Å². The Morgan fingerprint density at radius 1 is 1.43 bits per heavy atom. The van der Waals surface area contributed by atoms with E-state index in [-0.39, 0.29) is 11.4 Å². The van der Waals surface area contributed by atoms with Crippen LogP contribution in [0.25, 0.3) is 0 Å². The number of carboxylic acid groups (broad SMARTS) is 1. The second kappa shape index (κ2) is 6.64. The molecule has 2 amide bonds. The summed E-state index contributed by atoms with van der Waals surface area (Å²) in [5.41, 5.74) is 0.875. The minimum atomic E-state index is -1.12. The van der Waals surface area contributed by atoms with Gasteiger partial charge in [0, 0.05) is 17.1 Å². The highest BCUT2D eigenvalue weighted by molar-refractivity contribution is 7.16. The van der Waals surface area contributed by atoms with Crippen molar-refractivity contribution in [2.24, 2.45) is 0 Å². The van der Waals surface area contributed by atoms with E-state index in [9.17, 15) is 9.59 Å². The summed E-state index contributed by atoms with van der Waals surface area (Å²) < 4.78 is 0.711. The first-order valence-corrected chi connectivity index (χ1v) is 7.37. The number of halogens is 1. The highest BCUT2D eigenvalue weighted by atomic mass is 35.5. The minimum absolute atomic E-state index is 0.0345. The lowest BCUT2D eigenvalue weighted by molar-refractivity contribution is 0.0692. The van der Waals surface area contributed by atoms with E-state index in [1.807, 2.05) is 12.1 Å². The maximum atomic E-state index is 11.7. The Labute approximate surface area is 130 Å². The number of thiophene rings is 1. The van der Waals surface area contributed by atoms with E-state index in [4.69, 9.17) is 16.7 Å². The highest BCUT2D eigenvalue weighted by Crippen LogP contribution is 2.21. The SMILES string of the molecule is Cc1cc(NC(=O)NCCc2ccc(Cl)s2)c(C(=O)O)[nH]1. The third kappa shape index (κ3) is 4.24. The van der Waals surface area contributed by atoms with Crippen LogP contribution < -0.4 is 10.6 Å². The first kappa shape index (κ1) is 15.4. The molecule has 2 aromatic heterocycles. The van der Waals surface area contributed by atoms with E-state index < -0.39 is 12.0 Å². The number of rotatable bonds is 5. The molecule has 2 aromatic rings. The normalized spacial score (nSPS) is 10.4. The van der Waals surface area contributed by atoms with Crippen LogP contribution >= 0.6 is 22.9 Å². The van der Waals surface area contributed by atoms with Crippen molar-refractivity contribution in [2.45, 2.75) is 13.3 Å². The van der Waals surface area contributed by atoms with Crippen LogP contribution in [0.15, 0.2) is 18.2 Å². The van der Waals surface area contributed by atoms with Crippen LogP contribution in [0.4, 0.5) is 10.5 Å². The quantitative estimate of drug-likeness (QED) is 0.679. The van der Waals surface area contributed by atoms with Crippen LogP contribution in [-0.4, -0.2) is 28.6 Å². The molecule has 0 atom stereocenters. The standard InChI is InChI=1S/C13H14ClN3O3S/c1-7-6-9(11(16-7)12(18)19)17-13(20)15-5-4-8-2-3-10(14)21-8/h2-3,6,16H,4-5H2,1H3,(H,18,19)(H2,15,17,20). The van der Waals surface area contributed by atoms with E-state index in [2.05, 4.69) is 15.6 Å². The molecule has 2 rings (SSSR count). The number of hydrogen-bond donors (Lipinski definition) is 4. The zero-order valence-corrected chi connectivity index (χ0v) is 12.8. The molecule has 6 nitrogen and oxygen atoms in total. The van der Waals surface area contributed by atoms with Gasteiger partial charge >= 0.3 is 12.0 Å². The van der Waals surface area contributed by atoms with Crippen LogP contribution in [0, 0.1) is 6.92 Å². The molecule has 0 saturated heterocycles. The average molecular weight is 328 g/mol. The van der Waals surface area contributed by atoms with E-state index >= 15 is 0 Å².